The SMILES string of the molecule is N#CC(C#N)=CNc1ccc2c(c1)Oc1ccccc1C=C2. The van der Waals surface area contributed by atoms with Crippen LogP contribution < -0.4 is 10.1 Å². The van der Waals surface area contributed by atoms with Crippen molar-refractivity contribution in [2.45, 2.75) is 0 Å². The molecule has 104 valence electrons. The summed E-state index contributed by atoms with van der Waals surface area (Å²) in [6, 6.07) is 17.0. The third kappa shape index (κ3) is 2.67. The molecule has 0 amide bonds. The second-order valence-electron chi connectivity index (χ2n) is 4.65. The Hall–Kier alpha value is -3.50. The summed E-state index contributed by atoms with van der Waals surface area (Å²) in [5.41, 5.74) is 2.74. The lowest BCUT2D eigenvalue weighted by atomic mass is 10.1. The molecule has 1 aliphatic heterocycles. The van der Waals surface area contributed by atoms with Crippen molar-refractivity contribution in [1.82, 2.24) is 0 Å². The number of hydrogen-bond donors (Lipinski definition) is 1. The summed E-state index contributed by atoms with van der Waals surface area (Å²) in [4.78, 5) is 0. The lowest BCUT2D eigenvalue weighted by Gasteiger charge is -2.10. The molecule has 0 spiro atoms. The van der Waals surface area contributed by atoms with Gasteiger partial charge in [0.15, 0.2) is 0 Å². The number of nitriles is 2. The summed E-state index contributed by atoms with van der Waals surface area (Å²) < 4.78 is 5.95. The molecular formula is C18H11N3O. The number of allylic oxidation sites excluding steroid dienone is 1. The summed E-state index contributed by atoms with van der Waals surface area (Å²) >= 11 is 0. The zero-order valence-electron chi connectivity index (χ0n) is 11.6. The Kier molecular flexibility index (Phi) is 3.59. The van der Waals surface area contributed by atoms with E-state index in [2.05, 4.69) is 5.32 Å². The first-order valence-electron chi connectivity index (χ1n) is 6.66. The predicted octanol–water partition coefficient (Wildman–Crippen LogP) is 4.31. The highest BCUT2D eigenvalue weighted by molar-refractivity contribution is 5.78. The van der Waals surface area contributed by atoms with E-state index < -0.39 is 0 Å². The molecule has 0 aromatic heterocycles. The molecule has 0 bridgehead atoms. The maximum atomic E-state index is 8.73. The van der Waals surface area contributed by atoms with Gasteiger partial charge < -0.3 is 10.1 Å². The lowest BCUT2D eigenvalue weighted by Crippen LogP contribution is -1.92. The third-order valence-corrected chi connectivity index (χ3v) is 3.22. The molecule has 1 aliphatic rings. The number of para-hydroxylation sites is 1. The molecule has 1 heterocycles. The van der Waals surface area contributed by atoms with E-state index in [0.29, 0.717) is 0 Å². The van der Waals surface area contributed by atoms with Crippen LogP contribution in [-0.2, 0) is 0 Å². The average Bonchev–Trinajstić information content (AvgIpc) is 2.74. The number of benzene rings is 2. The van der Waals surface area contributed by atoms with Crippen LogP contribution >= 0.6 is 0 Å². The fraction of sp³-hybridized carbons (Fsp3) is 0. The van der Waals surface area contributed by atoms with Crippen molar-refractivity contribution in [3.63, 3.8) is 0 Å². The number of fused-ring (bicyclic) bond motifs is 2. The van der Waals surface area contributed by atoms with Gasteiger partial charge in [0.1, 0.15) is 29.2 Å². The zero-order valence-corrected chi connectivity index (χ0v) is 11.6. The highest BCUT2D eigenvalue weighted by Gasteiger charge is 2.10. The molecule has 1 N–H and O–H groups in total. The smallest absolute Gasteiger partial charge is 0.145 e. The van der Waals surface area contributed by atoms with E-state index in [-0.39, 0.29) is 5.57 Å². The van der Waals surface area contributed by atoms with E-state index in [1.165, 1.54) is 6.20 Å². The molecule has 0 atom stereocenters. The fourth-order valence-electron chi connectivity index (χ4n) is 2.10. The molecule has 0 saturated heterocycles. The van der Waals surface area contributed by atoms with Gasteiger partial charge in [-0.25, -0.2) is 0 Å². The van der Waals surface area contributed by atoms with Crippen LogP contribution in [0, 0.1) is 22.7 Å². The normalized spacial score (nSPS) is 10.8. The summed E-state index contributed by atoms with van der Waals surface area (Å²) in [5, 5.41) is 20.4. The molecule has 22 heavy (non-hydrogen) atoms. The van der Waals surface area contributed by atoms with Gasteiger partial charge in [0.2, 0.25) is 0 Å². The van der Waals surface area contributed by atoms with Gasteiger partial charge in [-0.15, -0.1) is 0 Å². The number of nitrogens with one attached hydrogen (secondary N) is 1. The van der Waals surface area contributed by atoms with Crippen molar-refractivity contribution in [3.05, 3.63) is 65.4 Å². The van der Waals surface area contributed by atoms with Crippen molar-refractivity contribution in [3.8, 4) is 23.6 Å². The van der Waals surface area contributed by atoms with Crippen LogP contribution in [0.1, 0.15) is 11.1 Å². The molecule has 0 aliphatic carbocycles. The highest BCUT2D eigenvalue weighted by Crippen LogP contribution is 2.35. The van der Waals surface area contributed by atoms with Crippen LogP contribution in [0.5, 0.6) is 11.5 Å². The van der Waals surface area contributed by atoms with E-state index in [4.69, 9.17) is 15.3 Å². The summed E-state index contributed by atoms with van der Waals surface area (Å²) in [7, 11) is 0. The topological polar surface area (TPSA) is 68.8 Å². The second kappa shape index (κ2) is 5.87. The van der Waals surface area contributed by atoms with Gasteiger partial charge in [-0.1, -0.05) is 30.4 Å². The van der Waals surface area contributed by atoms with Crippen LogP contribution in [0.25, 0.3) is 12.2 Å². The van der Waals surface area contributed by atoms with Gasteiger partial charge in [-0.2, -0.15) is 10.5 Å². The van der Waals surface area contributed by atoms with E-state index in [9.17, 15) is 0 Å². The summed E-state index contributed by atoms with van der Waals surface area (Å²) in [6.45, 7) is 0. The number of hydrogen-bond acceptors (Lipinski definition) is 4. The quantitative estimate of drug-likeness (QED) is 0.712. The standard InChI is InChI=1S/C18H11N3O/c19-10-13(11-20)12-21-16-8-7-15-6-5-14-3-1-2-4-17(14)22-18(15)9-16/h1-9,12,21H. The molecular weight excluding hydrogens is 274 g/mol. The van der Waals surface area contributed by atoms with Crippen molar-refractivity contribution in [2.75, 3.05) is 5.32 Å². The number of nitrogens with zero attached hydrogens (tertiary/aromatic N) is 2. The zero-order chi connectivity index (χ0) is 15.4. The Morgan fingerprint density at radius 3 is 2.45 bits per heavy atom. The minimum atomic E-state index is 0.0149. The lowest BCUT2D eigenvalue weighted by molar-refractivity contribution is 0.482. The molecule has 4 heteroatoms. The van der Waals surface area contributed by atoms with Gasteiger partial charge in [-0.3, -0.25) is 0 Å². The summed E-state index contributed by atoms with van der Waals surface area (Å²) in [5.74, 6) is 1.51. The van der Waals surface area contributed by atoms with Crippen LogP contribution in [0.3, 0.4) is 0 Å². The van der Waals surface area contributed by atoms with E-state index >= 15 is 0 Å². The third-order valence-electron chi connectivity index (χ3n) is 3.22. The van der Waals surface area contributed by atoms with Gasteiger partial charge >= 0.3 is 0 Å². The highest BCUT2D eigenvalue weighted by atomic mass is 16.5. The van der Waals surface area contributed by atoms with Crippen LogP contribution in [0.4, 0.5) is 5.69 Å². The first kappa shape index (κ1) is 13.5. The van der Waals surface area contributed by atoms with E-state index in [1.807, 2.05) is 54.6 Å². The Morgan fingerprint density at radius 2 is 1.68 bits per heavy atom. The minimum Gasteiger partial charge on any atom is -0.456 e. The van der Waals surface area contributed by atoms with Crippen molar-refractivity contribution >= 4 is 17.8 Å². The molecule has 3 rings (SSSR count). The fourth-order valence-corrected chi connectivity index (χ4v) is 2.10. The molecule has 0 saturated carbocycles. The Bertz CT molecular complexity index is 851. The van der Waals surface area contributed by atoms with Crippen LogP contribution in [0.15, 0.2) is 54.2 Å². The predicted molar refractivity (Wildman–Crippen MR) is 84.8 cm³/mol. The van der Waals surface area contributed by atoms with E-state index in [0.717, 1.165) is 28.3 Å². The van der Waals surface area contributed by atoms with Gasteiger partial charge in [0.25, 0.3) is 0 Å². The van der Waals surface area contributed by atoms with Gasteiger partial charge in [-0.05, 0) is 18.2 Å². The molecule has 2 aromatic rings. The Labute approximate surface area is 128 Å². The maximum absolute atomic E-state index is 8.73. The maximum Gasteiger partial charge on any atom is 0.145 e. The monoisotopic (exact) mass is 285 g/mol. The summed E-state index contributed by atoms with van der Waals surface area (Å²) in [6.07, 6.45) is 5.39. The largest absolute Gasteiger partial charge is 0.456 e. The van der Waals surface area contributed by atoms with Crippen molar-refractivity contribution < 1.29 is 4.74 Å². The van der Waals surface area contributed by atoms with Crippen LogP contribution in [0.2, 0.25) is 0 Å². The number of rotatable bonds is 2. The molecule has 4 nitrogen and oxygen atoms in total. The minimum absolute atomic E-state index is 0.0149. The first-order valence-corrected chi connectivity index (χ1v) is 6.66. The van der Waals surface area contributed by atoms with Crippen LogP contribution in [-0.4, -0.2) is 0 Å². The van der Waals surface area contributed by atoms with Gasteiger partial charge in [0, 0.05) is 29.1 Å². The van der Waals surface area contributed by atoms with Gasteiger partial charge in [0.05, 0.1) is 0 Å². The molecule has 0 unspecified atom stereocenters. The number of anilines is 1. The molecule has 2 aromatic carbocycles. The second-order valence-corrected chi connectivity index (χ2v) is 4.65. The number of ether oxygens (including phenoxy) is 1. The first-order chi connectivity index (χ1) is 10.8. The van der Waals surface area contributed by atoms with Crippen molar-refractivity contribution in [2.24, 2.45) is 0 Å². The Balaban J connectivity index is 1.92. The van der Waals surface area contributed by atoms with E-state index in [1.54, 1.807) is 12.1 Å². The molecule has 0 radical (unpaired) electrons. The molecule has 0 fully saturated rings. The average molecular weight is 285 g/mol. The Morgan fingerprint density at radius 1 is 0.955 bits per heavy atom. The van der Waals surface area contributed by atoms with Crippen molar-refractivity contribution in [1.29, 1.82) is 10.5 Å².